The largest absolute Gasteiger partial charge is 0.417 e. The van der Waals surface area contributed by atoms with Gasteiger partial charge >= 0.3 is 6.18 Å². The highest BCUT2D eigenvalue weighted by Crippen LogP contribution is 2.29. The van der Waals surface area contributed by atoms with Crippen molar-refractivity contribution in [1.82, 2.24) is 25.1 Å². The number of carbonyl (C=O) groups is 2. The van der Waals surface area contributed by atoms with Gasteiger partial charge in [-0.25, -0.2) is 14.6 Å². The number of hydrogen-bond acceptors (Lipinski definition) is 6. The second kappa shape index (κ2) is 9.12. The Bertz CT molecular complexity index is 1190. The van der Waals surface area contributed by atoms with Crippen LogP contribution in [0.2, 0.25) is 0 Å². The van der Waals surface area contributed by atoms with E-state index in [1.54, 1.807) is 12.1 Å². The normalized spacial score (nSPS) is 14.3. The standard InChI is InChI=1S/C22H22F3N7O2/c1-13(2)20-16(11-29-32(20)18-5-3-14(9-27-18)22(23,24)25)21(34)30-15-4-6-17(28-10-15)31-8-7-26-19(33)12-31/h3-6,9-11,13H,7-8,12H2,1-2H3,(H,26,33)(H,30,34). The van der Waals surface area contributed by atoms with Gasteiger partial charge in [-0.15, -0.1) is 0 Å². The first kappa shape index (κ1) is 23.2. The molecule has 1 saturated heterocycles. The molecule has 0 bridgehead atoms. The summed E-state index contributed by atoms with van der Waals surface area (Å²) < 4.78 is 39.9. The second-order valence-electron chi connectivity index (χ2n) is 8.04. The molecule has 12 heteroatoms. The van der Waals surface area contributed by atoms with Crippen LogP contribution in [0.25, 0.3) is 5.82 Å². The van der Waals surface area contributed by atoms with Crippen LogP contribution in [0.15, 0.2) is 42.9 Å². The summed E-state index contributed by atoms with van der Waals surface area (Å²) in [5, 5.41) is 9.71. The van der Waals surface area contributed by atoms with Crippen molar-refractivity contribution in [3.63, 3.8) is 0 Å². The molecule has 0 aliphatic carbocycles. The van der Waals surface area contributed by atoms with Gasteiger partial charge in [0, 0.05) is 19.3 Å². The molecular weight excluding hydrogens is 451 g/mol. The Morgan fingerprint density at radius 3 is 2.41 bits per heavy atom. The number of rotatable bonds is 5. The molecule has 34 heavy (non-hydrogen) atoms. The Labute approximate surface area is 193 Å². The van der Waals surface area contributed by atoms with Crippen molar-refractivity contribution in [2.75, 3.05) is 29.9 Å². The lowest BCUT2D eigenvalue weighted by molar-refractivity contribution is -0.137. The van der Waals surface area contributed by atoms with Gasteiger partial charge in [0.05, 0.1) is 41.4 Å². The van der Waals surface area contributed by atoms with Crippen LogP contribution in [0.3, 0.4) is 0 Å². The summed E-state index contributed by atoms with van der Waals surface area (Å²) in [7, 11) is 0. The molecule has 2 N–H and O–H groups in total. The van der Waals surface area contributed by atoms with E-state index in [9.17, 15) is 22.8 Å². The summed E-state index contributed by atoms with van der Waals surface area (Å²) in [6, 6.07) is 5.54. The van der Waals surface area contributed by atoms with Gasteiger partial charge in [0.2, 0.25) is 5.91 Å². The average molecular weight is 473 g/mol. The number of hydrogen-bond donors (Lipinski definition) is 2. The van der Waals surface area contributed by atoms with Crippen LogP contribution < -0.4 is 15.5 Å². The van der Waals surface area contributed by atoms with Crippen LogP contribution in [0.1, 0.15) is 41.4 Å². The quantitative estimate of drug-likeness (QED) is 0.590. The van der Waals surface area contributed by atoms with Gasteiger partial charge in [-0.1, -0.05) is 13.8 Å². The summed E-state index contributed by atoms with van der Waals surface area (Å²) in [5.41, 5.74) is 0.362. The summed E-state index contributed by atoms with van der Waals surface area (Å²) in [5.74, 6) is 0.113. The number of piperazine rings is 1. The second-order valence-corrected chi connectivity index (χ2v) is 8.04. The van der Waals surface area contributed by atoms with Crippen LogP contribution in [-0.4, -0.2) is 51.2 Å². The van der Waals surface area contributed by atoms with Crippen LogP contribution in [-0.2, 0) is 11.0 Å². The molecule has 4 heterocycles. The molecule has 0 saturated carbocycles. The molecule has 3 aromatic rings. The molecule has 2 amide bonds. The fourth-order valence-electron chi connectivity index (χ4n) is 3.63. The maximum absolute atomic E-state index is 13.0. The number of carbonyl (C=O) groups excluding carboxylic acids is 2. The monoisotopic (exact) mass is 473 g/mol. The van der Waals surface area contributed by atoms with Gasteiger partial charge in [0.1, 0.15) is 5.82 Å². The minimum Gasteiger partial charge on any atom is -0.353 e. The molecule has 4 rings (SSSR count). The minimum absolute atomic E-state index is 0.0776. The zero-order chi connectivity index (χ0) is 24.5. The molecular formula is C22H22F3N7O2. The van der Waals surface area contributed by atoms with Crippen molar-refractivity contribution in [2.45, 2.75) is 25.9 Å². The molecule has 1 aliphatic rings. The Balaban J connectivity index is 1.53. The third-order valence-electron chi connectivity index (χ3n) is 5.26. The van der Waals surface area contributed by atoms with Crippen LogP contribution >= 0.6 is 0 Å². The number of nitrogens with zero attached hydrogens (tertiary/aromatic N) is 5. The Morgan fingerprint density at radius 2 is 1.82 bits per heavy atom. The molecule has 9 nitrogen and oxygen atoms in total. The van der Waals surface area contributed by atoms with Crippen LogP contribution in [0.5, 0.6) is 0 Å². The highest BCUT2D eigenvalue weighted by molar-refractivity contribution is 6.05. The van der Waals surface area contributed by atoms with Crippen molar-refractivity contribution >= 4 is 23.3 Å². The Kier molecular flexibility index (Phi) is 6.22. The first-order valence-electron chi connectivity index (χ1n) is 10.5. The van der Waals surface area contributed by atoms with Gasteiger partial charge in [0.25, 0.3) is 5.91 Å². The number of amides is 2. The van der Waals surface area contributed by atoms with E-state index in [1.165, 1.54) is 23.1 Å². The first-order chi connectivity index (χ1) is 16.1. The number of alkyl halides is 3. The van der Waals surface area contributed by atoms with Crippen molar-refractivity contribution < 1.29 is 22.8 Å². The molecule has 1 fully saturated rings. The number of nitrogens with one attached hydrogen (secondary N) is 2. The van der Waals surface area contributed by atoms with Crippen molar-refractivity contribution in [2.24, 2.45) is 0 Å². The fraction of sp³-hybridized carbons (Fsp3) is 0.318. The summed E-state index contributed by atoms with van der Waals surface area (Å²) in [4.78, 5) is 34.6. The highest BCUT2D eigenvalue weighted by Gasteiger charge is 2.31. The van der Waals surface area contributed by atoms with Crippen LogP contribution in [0.4, 0.5) is 24.7 Å². The summed E-state index contributed by atoms with van der Waals surface area (Å²) >= 11 is 0. The number of aromatic nitrogens is 4. The van der Waals surface area contributed by atoms with Gasteiger partial charge < -0.3 is 15.5 Å². The maximum Gasteiger partial charge on any atom is 0.417 e. The topological polar surface area (TPSA) is 105 Å². The van der Waals surface area contributed by atoms with Gasteiger partial charge in [0.15, 0.2) is 5.82 Å². The fourth-order valence-corrected chi connectivity index (χ4v) is 3.63. The molecule has 0 spiro atoms. The highest BCUT2D eigenvalue weighted by atomic mass is 19.4. The smallest absolute Gasteiger partial charge is 0.353 e. The third-order valence-corrected chi connectivity index (χ3v) is 5.26. The van der Waals surface area contributed by atoms with Crippen molar-refractivity contribution in [3.8, 4) is 5.82 Å². The molecule has 0 atom stereocenters. The van der Waals surface area contributed by atoms with Gasteiger partial charge in [-0.3, -0.25) is 9.59 Å². The summed E-state index contributed by atoms with van der Waals surface area (Å²) in [6.45, 7) is 5.08. The van der Waals surface area contributed by atoms with E-state index in [1.807, 2.05) is 18.7 Å². The Hall–Kier alpha value is -3.96. The minimum atomic E-state index is -4.49. The zero-order valence-electron chi connectivity index (χ0n) is 18.4. The Morgan fingerprint density at radius 1 is 1.09 bits per heavy atom. The molecule has 0 radical (unpaired) electrons. The SMILES string of the molecule is CC(C)c1c(C(=O)Nc2ccc(N3CCNC(=O)C3)nc2)cnn1-c1ccc(C(F)(F)F)cn1. The van der Waals surface area contributed by atoms with Crippen LogP contribution in [0, 0.1) is 0 Å². The predicted molar refractivity (Wildman–Crippen MR) is 118 cm³/mol. The number of anilines is 2. The van der Waals surface area contributed by atoms with E-state index in [0.29, 0.717) is 30.3 Å². The van der Waals surface area contributed by atoms with E-state index in [2.05, 4.69) is 25.7 Å². The number of halogens is 3. The molecule has 3 aromatic heterocycles. The molecule has 0 unspecified atom stereocenters. The zero-order valence-corrected chi connectivity index (χ0v) is 18.4. The lowest BCUT2D eigenvalue weighted by atomic mass is 10.1. The molecule has 1 aliphatic heterocycles. The predicted octanol–water partition coefficient (Wildman–Crippen LogP) is 2.99. The lowest BCUT2D eigenvalue weighted by Crippen LogP contribution is -2.48. The average Bonchev–Trinajstić information content (AvgIpc) is 3.25. The van der Waals surface area contributed by atoms with E-state index >= 15 is 0 Å². The van der Waals surface area contributed by atoms with E-state index in [4.69, 9.17) is 0 Å². The first-order valence-corrected chi connectivity index (χ1v) is 10.5. The van der Waals surface area contributed by atoms with Gasteiger partial charge in [-0.05, 0) is 30.2 Å². The molecule has 0 aromatic carbocycles. The van der Waals surface area contributed by atoms with Crippen molar-refractivity contribution in [3.05, 3.63) is 59.7 Å². The number of pyridine rings is 2. The van der Waals surface area contributed by atoms with E-state index in [0.717, 1.165) is 12.3 Å². The van der Waals surface area contributed by atoms with Crippen molar-refractivity contribution in [1.29, 1.82) is 0 Å². The molecule has 178 valence electrons. The van der Waals surface area contributed by atoms with E-state index in [-0.39, 0.29) is 29.8 Å². The van der Waals surface area contributed by atoms with Gasteiger partial charge in [-0.2, -0.15) is 18.3 Å². The summed E-state index contributed by atoms with van der Waals surface area (Å²) in [6.07, 6.45) is -0.902. The van der Waals surface area contributed by atoms with E-state index < -0.39 is 17.6 Å². The third kappa shape index (κ3) is 4.85. The maximum atomic E-state index is 13.0. The lowest BCUT2D eigenvalue weighted by Gasteiger charge is -2.27.